The van der Waals surface area contributed by atoms with Crippen LogP contribution in [0.2, 0.25) is 0 Å². The molecule has 76 valence electrons. The van der Waals surface area contributed by atoms with Crippen molar-refractivity contribution in [3.63, 3.8) is 0 Å². The first-order chi connectivity index (χ1) is 6.75. The minimum Gasteiger partial charge on any atom is -0.312 e. The second kappa shape index (κ2) is 4.09. The molecular formula is C12H18N2. The van der Waals surface area contributed by atoms with Gasteiger partial charge in [0, 0.05) is 18.9 Å². The zero-order valence-corrected chi connectivity index (χ0v) is 8.96. The lowest BCUT2D eigenvalue weighted by molar-refractivity contribution is 0.611. The number of aromatic nitrogens is 1. The first-order valence-corrected chi connectivity index (χ1v) is 5.37. The molecule has 1 fully saturated rings. The number of nitrogens with one attached hydrogen (secondary N) is 1. The Morgan fingerprint density at radius 1 is 1.50 bits per heavy atom. The third kappa shape index (κ3) is 2.55. The maximum absolute atomic E-state index is 4.17. The van der Waals surface area contributed by atoms with Crippen molar-refractivity contribution in [1.82, 2.24) is 10.3 Å². The summed E-state index contributed by atoms with van der Waals surface area (Å²) in [4.78, 5) is 4.17. The maximum Gasteiger partial charge on any atom is 0.0313 e. The van der Waals surface area contributed by atoms with Crippen molar-refractivity contribution in [3.8, 4) is 0 Å². The summed E-state index contributed by atoms with van der Waals surface area (Å²) in [5, 5.41) is 3.48. The van der Waals surface area contributed by atoms with Crippen LogP contribution < -0.4 is 5.32 Å². The summed E-state index contributed by atoms with van der Waals surface area (Å²) in [5.74, 6) is 1.87. The van der Waals surface area contributed by atoms with E-state index in [4.69, 9.17) is 0 Å². The third-order valence-electron chi connectivity index (χ3n) is 2.94. The molecule has 14 heavy (non-hydrogen) atoms. The molecule has 0 radical (unpaired) electrons. The molecule has 2 atom stereocenters. The van der Waals surface area contributed by atoms with Crippen LogP contribution in [0.3, 0.4) is 0 Å². The van der Waals surface area contributed by atoms with Gasteiger partial charge in [-0.25, -0.2) is 0 Å². The molecule has 1 aliphatic rings. The first-order valence-electron chi connectivity index (χ1n) is 5.37. The summed E-state index contributed by atoms with van der Waals surface area (Å²) in [5.41, 5.74) is 2.53. The molecule has 0 amide bonds. The van der Waals surface area contributed by atoms with Gasteiger partial charge in [-0.1, -0.05) is 13.0 Å². The molecule has 0 saturated heterocycles. The van der Waals surface area contributed by atoms with Gasteiger partial charge in [0.05, 0.1) is 0 Å². The molecule has 1 N–H and O–H groups in total. The molecule has 0 aromatic carbocycles. The van der Waals surface area contributed by atoms with Crippen LogP contribution in [0.1, 0.15) is 24.5 Å². The number of hydrogen-bond donors (Lipinski definition) is 1. The molecule has 0 bridgehead atoms. The quantitative estimate of drug-likeness (QED) is 0.786. The van der Waals surface area contributed by atoms with E-state index in [0.717, 1.165) is 24.9 Å². The summed E-state index contributed by atoms with van der Waals surface area (Å²) in [6.07, 6.45) is 5.24. The number of hydrogen-bond acceptors (Lipinski definition) is 2. The zero-order chi connectivity index (χ0) is 9.97. The fourth-order valence-corrected chi connectivity index (χ4v) is 1.80. The highest BCUT2D eigenvalue weighted by Crippen LogP contribution is 2.36. The largest absolute Gasteiger partial charge is 0.312 e. The second-order valence-electron chi connectivity index (χ2n) is 4.47. The summed E-state index contributed by atoms with van der Waals surface area (Å²) in [6.45, 7) is 6.52. The number of rotatable bonds is 4. The Morgan fingerprint density at radius 3 is 2.93 bits per heavy atom. The molecule has 1 saturated carbocycles. The lowest BCUT2D eigenvalue weighted by Crippen LogP contribution is -2.16. The van der Waals surface area contributed by atoms with E-state index in [1.54, 1.807) is 0 Å². The Balaban J connectivity index is 1.74. The Morgan fingerprint density at radius 2 is 2.29 bits per heavy atom. The van der Waals surface area contributed by atoms with Gasteiger partial charge in [0.1, 0.15) is 0 Å². The van der Waals surface area contributed by atoms with Crippen LogP contribution in [0.4, 0.5) is 0 Å². The van der Waals surface area contributed by atoms with Crippen LogP contribution >= 0.6 is 0 Å². The maximum atomic E-state index is 4.17. The predicted octanol–water partition coefficient (Wildman–Crippen LogP) is 2.14. The second-order valence-corrected chi connectivity index (χ2v) is 4.47. The minimum atomic E-state index is 0.924. The summed E-state index contributed by atoms with van der Waals surface area (Å²) in [7, 11) is 0. The highest BCUT2D eigenvalue weighted by atomic mass is 14.9. The van der Waals surface area contributed by atoms with Crippen molar-refractivity contribution in [2.75, 3.05) is 6.54 Å². The Kier molecular flexibility index (Phi) is 2.82. The molecule has 2 heteroatoms. The first kappa shape index (κ1) is 9.66. The van der Waals surface area contributed by atoms with Crippen LogP contribution in [-0.4, -0.2) is 11.5 Å². The Bertz CT molecular complexity index is 309. The normalized spacial score (nSPS) is 25.0. The van der Waals surface area contributed by atoms with Crippen molar-refractivity contribution in [2.45, 2.75) is 26.8 Å². The van der Waals surface area contributed by atoms with Crippen molar-refractivity contribution in [3.05, 3.63) is 29.6 Å². The highest BCUT2D eigenvalue weighted by molar-refractivity contribution is 5.16. The fraction of sp³-hybridized carbons (Fsp3) is 0.583. The smallest absolute Gasteiger partial charge is 0.0313 e. The average Bonchev–Trinajstić information content (AvgIpc) is 2.82. The van der Waals surface area contributed by atoms with E-state index in [1.165, 1.54) is 17.5 Å². The fourth-order valence-electron chi connectivity index (χ4n) is 1.80. The van der Waals surface area contributed by atoms with Gasteiger partial charge in [-0.2, -0.15) is 0 Å². The minimum absolute atomic E-state index is 0.924. The van der Waals surface area contributed by atoms with Crippen molar-refractivity contribution < 1.29 is 0 Å². The monoisotopic (exact) mass is 190 g/mol. The third-order valence-corrected chi connectivity index (χ3v) is 2.94. The van der Waals surface area contributed by atoms with E-state index in [9.17, 15) is 0 Å². The van der Waals surface area contributed by atoms with Gasteiger partial charge in [0.15, 0.2) is 0 Å². The Labute approximate surface area is 85.7 Å². The SMILES string of the molecule is Cc1cncc(CNCC2CC2C)c1. The molecule has 2 rings (SSSR count). The number of pyridine rings is 1. The molecule has 1 aromatic rings. The molecule has 2 nitrogen and oxygen atoms in total. The van der Waals surface area contributed by atoms with Gasteiger partial charge < -0.3 is 5.32 Å². The summed E-state index contributed by atoms with van der Waals surface area (Å²) in [6, 6.07) is 2.19. The molecule has 2 unspecified atom stereocenters. The van der Waals surface area contributed by atoms with Crippen LogP contribution in [0.5, 0.6) is 0 Å². The van der Waals surface area contributed by atoms with Gasteiger partial charge >= 0.3 is 0 Å². The van der Waals surface area contributed by atoms with Crippen molar-refractivity contribution in [2.24, 2.45) is 11.8 Å². The van der Waals surface area contributed by atoms with E-state index < -0.39 is 0 Å². The summed E-state index contributed by atoms with van der Waals surface area (Å²) >= 11 is 0. The van der Waals surface area contributed by atoms with Crippen molar-refractivity contribution >= 4 is 0 Å². The van der Waals surface area contributed by atoms with E-state index in [2.05, 4.69) is 30.2 Å². The van der Waals surface area contributed by atoms with Crippen LogP contribution in [0.25, 0.3) is 0 Å². The zero-order valence-electron chi connectivity index (χ0n) is 8.96. The van der Waals surface area contributed by atoms with Crippen LogP contribution in [0.15, 0.2) is 18.5 Å². The molecule has 0 aliphatic heterocycles. The van der Waals surface area contributed by atoms with E-state index in [0.29, 0.717) is 0 Å². The van der Waals surface area contributed by atoms with Crippen LogP contribution in [-0.2, 0) is 6.54 Å². The van der Waals surface area contributed by atoms with Gasteiger partial charge in [0.2, 0.25) is 0 Å². The molecule has 1 heterocycles. The van der Waals surface area contributed by atoms with Gasteiger partial charge in [-0.05, 0) is 42.9 Å². The predicted molar refractivity (Wildman–Crippen MR) is 58.0 cm³/mol. The average molecular weight is 190 g/mol. The lowest BCUT2D eigenvalue weighted by atomic mass is 10.2. The summed E-state index contributed by atoms with van der Waals surface area (Å²) < 4.78 is 0. The van der Waals surface area contributed by atoms with Gasteiger partial charge in [0.25, 0.3) is 0 Å². The van der Waals surface area contributed by atoms with Gasteiger partial charge in [-0.15, -0.1) is 0 Å². The number of aryl methyl sites for hydroxylation is 1. The standard InChI is InChI=1S/C12H18N2/c1-9-3-11(6-13-5-9)7-14-8-12-4-10(12)2/h3,5-6,10,12,14H,4,7-8H2,1-2H3. The molecule has 1 aromatic heterocycles. The molecule has 0 spiro atoms. The lowest BCUT2D eigenvalue weighted by Gasteiger charge is -2.04. The highest BCUT2D eigenvalue weighted by Gasteiger charge is 2.31. The Hall–Kier alpha value is -0.890. The molecular weight excluding hydrogens is 172 g/mol. The van der Waals surface area contributed by atoms with Gasteiger partial charge in [-0.3, -0.25) is 4.98 Å². The topological polar surface area (TPSA) is 24.9 Å². The van der Waals surface area contributed by atoms with E-state index in [-0.39, 0.29) is 0 Å². The van der Waals surface area contributed by atoms with E-state index in [1.807, 2.05) is 12.4 Å². The van der Waals surface area contributed by atoms with Crippen LogP contribution in [0, 0.1) is 18.8 Å². The van der Waals surface area contributed by atoms with Crippen molar-refractivity contribution in [1.29, 1.82) is 0 Å². The van der Waals surface area contributed by atoms with E-state index >= 15 is 0 Å². The molecule has 1 aliphatic carbocycles. The number of nitrogens with zero attached hydrogens (tertiary/aromatic N) is 1.